The molecule has 2 rings (SSSR count). The zero-order valence-electron chi connectivity index (χ0n) is 12.3. The Kier molecular flexibility index (Phi) is 5.32. The van der Waals surface area contributed by atoms with Crippen molar-refractivity contribution in [2.75, 3.05) is 31.1 Å². The monoisotopic (exact) mass is 287 g/mol. The molecule has 5 heteroatoms. The number of likely N-dealkylation sites (tertiary alicyclic amines) is 1. The van der Waals surface area contributed by atoms with E-state index in [1.54, 1.807) is 0 Å². The van der Waals surface area contributed by atoms with E-state index in [9.17, 15) is 9.90 Å². The van der Waals surface area contributed by atoms with Crippen LogP contribution in [0.3, 0.4) is 0 Å². The third-order valence-electron chi connectivity index (χ3n) is 3.90. The van der Waals surface area contributed by atoms with Crippen LogP contribution in [-0.2, 0) is 4.79 Å². The lowest BCUT2D eigenvalue weighted by atomic mass is 9.97. The Bertz CT molecular complexity index is 512. The van der Waals surface area contributed by atoms with E-state index in [1.807, 2.05) is 48.2 Å². The molecule has 112 valence electrons. The predicted molar refractivity (Wildman–Crippen MR) is 80.6 cm³/mol. The number of para-hydroxylation sites is 1. The number of hydrogen-bond acceptors (Lipinski definition) is 4. The Morgan fingerprint density at radius 1 is 1.48 bits per heavy atom. The molecule has 1 amide bonds. The molecule has 2 unspecified atom stereocenters. The van der Waals surface area contributed by atoms with Crippen LogP contribution in [0.4, 0.5) is 5.69 Å². The van der Waals surface area contributed by atoms with E-state index < -0.39 is 0 Å². The molecule has 21 heavy (non-hydrogen) atoms. The van der Waals surface area contributed by atoms with E-state index in [4.69, 9.17) is 5.26 Å². The van der Waals surface area contributed by atoms with Crippen molar-refractivity contribution < 1.29 is 9.90 Å². The number of nitriles is 1. The van der Waals surface area contributed by atoms with Gasteiger partial charge in [-0.05, 0) is 24.5 Å². The second-order valence-corrected chi connectivity index (χ2v) is 5.54. The van der Waals surface area contributed by atoms with Gasteiger partial charge in [-0.25, -0.2) is 0 Å². The summed E-state index contributed by atoms with van der Waals surface area (Å²) in [6.07, 6.45) is 0.415. The molecule has 0 spiro atoms. The Morgan fingerprint density at radius 2 is 2.19 bits per heavy atom. The predicted octanol–water partition coefficient (Wildman–Crippen LogP) is 1.25. The average molecular weight is 287 g/mol. The van der Waals surface area contributed by atoms with Gasteiger partial charge in [-0.15, -0.1) is 0 Å². The van der Waals surface area contributed by atoms with Crippen LogP contribution in [0.25, 0.3) is 0 Å². The molecule has 0 aliphatic carbocycles. The zero-order valence-corrected chi connectivity index (χ0v) is 12.3. The zero-order chi connectivity index (χ0) is 15.2. The molecule has 1 heterocycles. The number of amides is 1. The van der Waals surface area contributed by atoms with Gasteiger partial charge in [-0.3, -0.25) is 14.6 Å². The van der Waals surface area contributed by atoms with E-state index in [2.05, 4.69) is 0 Å². The molecule has 2 atom stereocenters. The van der Waals surface area contributed by atoms with Gasteiger partial charge in [-0.2, -0.15) is 5.26 Å². The number of aliphatic hydroxyl groups is 1. The smallest absolute Gasteiger partial charge is 0.242 e. The van der Waals surface area contributed by atoms with E-state index in [0.29, 0.717) is 19.5 Å². The second kappa shape index (κ2) is 7.21. The number of rotatable bonds is 4. The minimum Gasteiger partial charge on any atom is -0.393 e. The topological polar surface area (TPSA) is 67.6 Å². The summed E-state index contributed by atoms with van der Waals surface area (Å²) in [4.78, 5) is 16.0. The van der Waals surface area contributed by atoms with Crippen LogP contribution in [0.1, 0.15) is 13.3 Å². The summed E-state index contributed by atoms with van der Waals surface area (Å²) in [5.41, 5.74) is 0.745. The second-order valence-electron chi connectivity index (χ2n) is 5.54. The SMILES string of the molecule is CC1CN(CC(=O)N(CC#N)c2ccccc2)CCC1O. The lowest BCUT2D eigenvalue weighted by molar-refractivity contribution is -0.120. The molecule has 1 aliphatic rings. The minimum atomic E-state index is -0.277. The van der Waals surface area contributed by atoms with Crippen molar-refractivity contribution in [3.63, 3.8) is 0 Å². The number of hydrogen-bond donors (Lipinski definition) is 1. The van der Waals surface area contributed by atoms with Crippen LogP contribution < -0.4 is 4.90 Å². The summed E-state index contributed by atoms with van der Waals surface area (Å²) in [6.45, 7) is 3.75. The van der Waals surface area contributed by atoms with Gasteiger partial charge < -0.3 is 5.11 Å². The summed E-state index contributed by atoms with van der Waals surface area (Å²) >= 11 is 0. The third-order valence-corrected chi connectivity index (χ3v) is 3.90. The molecule has 0 aromatic heterocycles. The van der Waals surface area contributed by atoms with E-state index in [-0.39, 0.29) is 31.0 Å². The van der Waals surface area contributed by atoms with Crippen LogP contribution >= 0.6 is 0 Å². The standard InChI is InChI=1S/C16H21N3O2/c1-13-11-18(9-7-15(13)20)12-16(21)19(10-8-17)14-5-3-2-4-6-14/h2-6,13,15,20H,7,9-12H2,1H3. The lowest BCUT2D eigenvalue weighted by Crippen LogP contribution is -2.47. The highest BCUT2D eigenvalue weighted by Crippen LogP contribution is 2.18. The molecule has 1 aromatic carbocycles. The molecule has 1 aliphatic heterocycles. The van der Waals surface area contributed by atoms with Gasteiger partial charge in [0.05, 0.1) is 18.7 Å². The highest BCUT2D eigenvalue weighted by molar-refractivity contribution is 5.95. The average Bonchev–Trinajstić information content (AvgIpc) is 2.49. The van der Waals surface area contributed by atoms with E-state index >= 15 is 0 Å². The molecule has 0 radical (unpaired) electrons. The van der Waals surface area contributed by atoms with Gasteiger partial charge in [-0.1, -0.05) is 25.1 Å². The van der Waals surface area contributed by atoms with E-state index in [0.717, 1.165) is 5.69 Å². The fourth-order valence-corrected chi connectivity index (χ4v) is 2.64. The normalized spacial score (nSPS) is 22.5. The highest BCUT2D eigenvalue weighted by Gasteiger charge is 2.27. The van der Waals surface area contributed by atoms with Gasteiger partial charge in [0.2, 0.25) is 5.91 Å². The Morgan fingerprint density at radius 3 is 2.81 bits per heavy atom. The van der Waals surface area contributed by atoms with Crippen molar-refractivity contribution in [3.8, 4) is 6.07 Å². The summed E-state index contributed by atoms with van der Waals surface area (Å²) in [5.74, 6) is 0.0963. The highest BCUT2D eigenvalue weighted by atomic mass is 16.3. The molecule has 1 N–H and O–H groups in total. The van der Waals surface area contributed by atoms with E-state index in [1.165, 1.54) is 4.90 Å². The fraction of sp³-hybridized carbons (Fsp3) is 0.500. The van der Waals surface area contributed by atoms with Crippen molar-refractivity contribution in [1.82, 2.24) is 4.90 Å². The number of piperidine rings is 1. The van der Waals surface area contributed by atoms with Gasteiger partial charge in [0.15, 0.2) is 0 Å². The maximum Gasteiger partial charge on any atom is 0.242 e. The first-order chi connectivity index (χ1) is 10.1. The lowest BCUT2D eigenvalue weighted by Gasteiger charge is -2.34. The molecule has 5 nitrogen and oxygen atoms in total. The van der Waals surface area contributed by atoms with Gasteiger partial charge in [0.1, 0.15) is 6.54 Å². The van der Waals surface area contributed by atoms with Crippen LogP contribution in [0, 0.1) is 17.2 Å². The molecule has 0 saturated carbocycles. The fourth-order valence-electron chi connectivity index (χ4n) is 2.64. The number of nitrogens with zero attached hydrogens (tertiary/aromatic N) is 3. The van der Waals surface area contributed by atoms with Crippen molar-refractivity contribution in [2.24, 2.45) is 5.92 Å². The Balaban J connectivity index is 2.01. The van der Waals surface area contributed by atoms with Gasteiger partial charge in [0.25, 0.3) is 0 Å². The van der Waals surface area contributed by atoms with Crippen LogP contribution in [0.15, 0.2) is 30.3 Å². The summed E-state index contributed by atoms with van der Waals surface area (Å²) in [6, 6.07) is 11.3. The Labute approximate surface area is 125 Å². The summed E-state index contributed by atoms with van der Waals surface area (Å²) < 4.78 is 0. The summed E-state index contributed by atoms with van der Waals surface area (Å²) in [5, 5.41) is 18.7. The molecule has 0 bridgehead atoms. The van der Waals surface area contributed by atoms with Crippen molar-refractivity contribution in [1.29, 1.82) is 5.26 Å². The first-order valence-corrected chi connectivity index (χ1v) is 7.24. The van der Waals surface area contributed by atoms with Crippen molar-refractivity contribution in [3.05, 3.63) is 30.3 Å². The van der Waals surface area contributed by atoms with Gasteiger partial charge >= 0.3 is 0 Å². The molecule has 1 fully saturated rings. The Hall–Kier alpha value is -1.90. The number of carbonyl (C=O) groups excluding carboxylic acids is 1. The molecule has 1 aromatic rings. The number of benzene rings is 1. The maximum atomic E-state index is 12.5. The molecular formula is C16H21N3O2. The van der Waals surface area contributed by atoms with Crippen LogP contribution in [-0.4, -0.2) is 48.2 Å². The van der Waals surface area contributed by atoms with Crippen LogP contribution in [0.5, 0.6) is 0 Å². The number of aliphatic hydroxyl groups excluding tert-OH is 1. The third kappa shape index (κ3) is 4.03. The number of carbonyl (C=O) groups is 1. The molecular weight excluding hydrogens is 266 g/mol. The maximum absolute atomic E-state index is 12.5. The first kappa shape index (κ1) is 15.5. The van der Waals surface area contributed by atoms with Crippen LogP contribution in [0.2, 0.25) is 0 Å². The number of anilines is 1. The van der Waals surface area contributed by atoms with Gasteiger partial charge in [0, 0.05) is 18.8 Å². The van der Waals surface area contributed by atoms with Crippen molar-refractivity contribution >= 4 is 11.6 Å². The summed E-state index contributed by atoms with van der Waals surface area (Å²) in [7, 11) is 0. The largest absolute Gasteiger partial charge is 0.393 e. The molecule has 1 saturated heterocycles. The van der Waals surface area contributed by atoms with Crippen molar-refractivity contribution in [2.45, 2.75) is 19.4 Å². The first-order valence-electron chi connectivity index (χ1n) is 7.24. The quantitative estimate of drug-likeness (QED) is 0.846. The minimum absolute atomic E-state index is 0.0505.